The van der Waals surface area contributed by atoms with E-state index < -0.39 is 17.7 Å². The summed E-state index contributed by atoms with van der Waals surface area (Å²) in [5.41, 5.74) is 1.16. The van der Waals surface area contributed by atoms with Crippen LogP contribution < -0.4 is 5.32 Å². The molecule has 20 heavy (non-hydrogen) atoms. The monoisotopic (exact) mass is 403 g/mol. The fourth-order valence-corrected chi connectivity index (χ4v) is 3.35. The van der Waals surface area contributed by atoms with Crippen LogP contribution in [-0.2, 0) is 0 Å². The van der Waals surface area contributed by atoms with Gasteiger partial charge in [0, 0.05) is 14.5 Å². The van der Waals surface area contributed by atoms with Gasteiger partial charge >= 0.3 is 0 Å². The third-order valence-electron chi connectivity index (χ3n) is 2.97. The summed E-state index contributed by atoms with van der Waals surface area (Å²) in [6.07, 6.45) is 0. The van der Waals surface area contributed by atoms with Crippen LogP contribution in [0.25, 0.3) is 0 Å². The van der Waals surface area contributed by atoms with Gasteiger partial charge in [-0.15, -0.1) is 0 Å². The van der Waals surface area contributed by atoms with Gasteiger partial charge in [-0.1, -0.05) is 57.0 Å². The van der Waals surface area contributed by atoms with E-state index in [0.29, 0.717) is 12.1 Å². The van der Waals surface area contributed by atoms with E-state index in [1.165, 1.54) is 6.07 Å². The molecule has 1 atom stereocenters. The Balaban J connectivity index is 2.53. The van der Waals surface area contributed by atoms with Crippen molar-refractivity contribution >= 4 is 31.9 Å². The normalized spacial score (nSPS) is 12.4. The Kier molecular flexibility index (Phi) is 5.29. The minimum atomic E-state index is -0.835. The van der Waals surface area contributed by atoms with Crippen LogP contribution >= 0.6 is 31.9 Å². The van der Waals surface area contributed by atoms with Crippen LogP contribution in [-0.4, -0.2) is 6.54 Å². The Hall–Kier alpha value is -0.780. The standard InChI is InChI=1S/C15H13Br2F2N/c1-2-20-15(10-7-6-9(16)8-12(10)17)11-4-3-5-13(18)14(11)19/h3-8,15,20H,2H2,1H3. The number of nitrogens with one attached hydrogen (secondary N) is 1. The Morgan fingerprint density at radius 2 is 1.85 bits per heavy atom. The summed E-state index contributed by atoms with van der Waals surface area (Å²) in [5.74, 6) is -1.65. The van der Waals surface area contributed by atoms with E-state index in [9.17, 15) is 8.78 Å². The van der Waals surface area contributed by atoms with Gasteiger partial charge in [0.05, 0.1) is 6.04 Å². The van der Waals surface area contributed by atoms with Gasteiger partial charge in [-0.25, -0.2) is 8.78 Å². The Bertz CT molecular complexity index is 617. The largest absolute Gasteiger partial charge is 0.306 e. The van der Waals surface area contributed by atoms with Crippen LogP contribution in [0.1, 0.15) is 24.1 Å². The zero-order chi connectivity index (χ0) is 14.7. The molecule has 0 aliphatic heterocycles. The van der Waals surface area contributed by atoms with Crippen molar-refractivity contribution in [2.24, 2.45) is 0 Å². The van der Waals surface area contributed by atoms with Crippen LogP contribution in [0.3, 0.4) is 0 Å². The van der Waals surface area contributed by atoms with Crippen LogP contribution in [0.4, 0.5) is 8.78 Å². The second-order valence-electron chi connectivity index (χ2n) is 4.30. The lowest BCUT2D eigenvalue weighted by Gasteiger charge is -2.21. The summed E-state index contributed by atoms with van der Waals surface area (Å²) >= 11 is 6.85. The smallest absolute Gasteiger partial charge is 0.163 e. The molecule has 0 spiro atoms. The third kappa shape index (κ3) is 3.27. The molecule has 0 radical (unpaired) electrons. The van der Waals surface area contributed by atoms with Gasteiger partial charge in [0.1, 0.15) is 0 Å². The number of hydrogen-bond donors (Lipinski definition) is 1. The number of benzene rings is 2. The molecule has 0 aliphatic rings. The van der Waals surface area contributed by atoms with Crippen LogP contribution in [0.15, 0.2) is 45.3 Å². The molecule has 0 amide bonds. The van der Waals surface area contributed by atoms with Gasteiger partial charge in [-0.2, -0.15) is 0 Å². The lowest BCUT2D eigenvalue weighted by atomic mass is 9.98. The van der Waals surface area contributed by atoms with Crippen LogP contribution in [0.5, 0.6) is 0 Å². The fourth-order valence-electron chi connectivity index (χ4n) is 2.07. The van der Waals surface area contributed by atoms with E-state index in [-0.39, 0.29) is 0 Å². The topological polar surface area (TPSA) is 12.0 Å². The lowest BCUT2D eigenvalue weighted by molar-refractivity contribution is 0.483. The molecule has 0 aliphatic carbocycles. The van der Waals surface area contributed by atoms with Crippen molar-refractivity contribution in [3.63, 3.8) is 0 Å². The predicted octanol–water partition coefficient (Wildman–Crippen LogP) is 5.19. The number of hydrogen-bond acceptors (Lipinski definition) is 1. The molecule has 0 bridgehead atoms. The SMILES string of the molecule is CCNC(c1ccc(Br)cc1Br)c1cccc(F)c1F. The Labute approximate surface area is 133 Å². The first-order valence-electron chi connectivity index (χ1n) is 6.16. The summed E-state index contributed by atoms with van der Waals surface area (Å²) in [6.45, 7) is 2.57. The molecule has 5 heteroatoms. The second-order valence-corrected chi connectivity index (χ2v) is 6.07. The molecular formula is C15H13Br2F2N. The van der Waals surface area contributed by atoms with Gasteiger partial charge in [-0.05, 0) is 30.3 Å². The fraction of sp³-hybridized carbons (Fsp3) is 0.200. The van der Waals surface area contributed by atoms with Gasteiger partial charge in [0.2, 0.25) is 0 Å². The molecule has 0 saturated carbocycles. The second kappa shape index (κ2) is 6.78. The molecule has 1 nitrogen and oxygen atoms in total. The van der Waals surface area contributed by atoms with Crippen molar-refractivity contribution in [1.82, 2.24) is 5.32 Å². The Morgan fingerprint density at radius 1 is 1.10 bits per heavy atom. The Morgan fingerprint density at radius 3 is 2.50 bits per heavy atom. The molecule has 0 saturated heterocycles. The first kappa shape index (κ1) is 15.6. The summed E-state index contributed by atoms with van der Waals surface area (Å²) in [5, 5.41) is 3.19. The van der Waals surface area contributed by atoms with E-state index in [0.717, 1.165) is 20.6 Å². The first-order chi connectivity index (χ1) is 9.54. The molecule has 1 unspecified atom stereocenters. The van der Waals surface area contributed by atoms with Gasteiger partial charge in [0.15, 0.2) is 11.6 Å². The van der Waals surface area contributed by atoms with Crippen LogP contribution in [0.2, 0.25) is 0 Å². The summed E-state index contributed by atoms with van der Waals surface area (Å²) in [6, 6.07) is 9.48. The third-order valence-corrected chi connectivity index (χ3v) is 4.15. The molecule has 0 aromatic heterocycles. The van der Waals surface area contributed by atoms with E-state index in [1.807, 2.05) is 25.1 Å². The molecule has 1 N–H and O–H groups in total. The highest BCUT2D eigenvalue weighted by Crippen LogP contribution is 2.32. The average molecular weight is 405 g/mol. The summed E-state index contributed by atoms with van der Waals surface area (Å²) < 4.78 is 29.2. The lowest BCUT2D eigenvalue weighted by Crippen LogP contribution is -2.23. The molecule has 0 fully saturated rings. The number of rotatable bonds is 4. The first-order valence-corrected chi connectivity index (χ1v) is 7.75. The van der Waals surface area contributed by atoms with Gasteiger partial charge in [-0.3, -0.25) is 0 Å². The highest BCUT2D eigenvalue weighted by atomic mass is 79.9. The molecule has 0 heterocycles. The van der Waals surface area contributed by atoms with E-state index in [2.05, 4.69) is 37.2 Å². The van der Waals surface area contributed by atoms with Crippen molar-refractivity contribution in [2.45, 2.75) is 13.0 Å². The highest BCUT2D eigenvalue weighted by Gasteiger charge is 2.21. The maximum absolute atomic E-state index is 14.0. The molecule has 2 rings (SSSR count). The van der Waals surface area contributed by atoms with Crippen molar-refractivity contribution in [2.75, 3.05) is 6.54 Å². The number of halogens is 4. The maximum Gasteiger partial charge on any atom is 0.163 e. The maximum atomic E-state index is 14.0. The van der Waals surface area contributed by atoms with E-state index >= 15 is 0 Å². The van der Waals surface area contributed by atoms with E-state index in [4.69, 9.17) is 0 Å². The molecular weight excluding hydrogens is 392 g/mol. The van der Waals surface area contributed by atoms with Crippen molar-refractivity contribution in [1.29, 1.82) is 0 Å². The van der Waals surface area contributed by atoms with Crippen molar-refractivity contribution in [3.8, 4) is 0 Å². The van der Waals surface area contributed by atoms with E-state index in [1.54, 1.807) is 6.07 Å². The van der Waals surface area contributed by atoms with Gasteiger partial charge in [0.25, 0.3) is 0 Å². The van der Waals surface area contributed by atoms with Crippen molar-refractivity contribution < 1.29 is 8.78 Å². The minimum Gasteiger partial charge on any atom is -0.306 e. The van der Waals surface area contributed by atoms with Crippen LogP contribution in [0, 0.1) is 11.6 Å². The summed E-state index contributed by atoms with van der Waals surface area (Å²) in [4.78, 5) is 0. The zero-order valence-electron chi connectivity index (χ0n) is 10.8. The molecule has 2 aromatic carbocycles. The van der Waals surface area contributed by atoms with Gasteiger partial charge < -0.3 is 5.32 Å². The molecule has 2 aromatic rings. The minimum absolute atomic E-state index is 0.301. The highest BCUT2D eigenvalue weighted by molar-refractivity contribution is 9.11. The molecule has 106 valence electrons. The van der Waals surface area contributed by atoms with Crippen molar-refractivity contribution in [3.05, 3.63) is 68.1 Å². The average Bonchev–Trinajstić information content (AvgIpc) is 2.40. The zero-order valence-corrected chi connectivity index (χ0v) is 13.9. The predicted molar refractivity (Wildman–Crippen MR) is 83.7 cm³/mol. The quantitative estimate of drug-likeness (QED) is 0.739. The summed E-state index contributed by atoms with van der Waals surface area (Å²) in [7, 11) is 0.